The summed E-state index contributed by atoms with van der Waals surface area (Å²) < 4.78 is 13.7. The first-order valence-electron chi connectivity index (χ1n) is 12.7. The van der Waals surface area contributed by atoms with Gasteiger partial charge in [0, 0.05) is 0 Å². The number of esters is 1. The molecule has 0 amide bonds. The predicted octanol–water partition coefficient (Wildman–Crippen LogP) is 6.28. The van der Waals surface area contributed by atoms with E-state index < -0.39 is 12.1 Å². The second-order valence-corrected chi connectivity index (χ2v) is 9.15. The highest BCUT2D eigenvalue weighted by Gasteiger charge is 2.24. The molecular formula is C32H28N2O5. The lowest BCUT2D eigenvalue weighted by atomic mass is 9.96. The second kappa shape index (κ2) is 11.2. The third-order valence-electron chi connectivity index (χ3n) is 6.50. The Hall–Kier alpha value is -4.91. The van der Waals surface area contributed by atoms with Crippen molar-refractivity contribution in [3.8, 4) is 17.0 Å². The molecule has 196 valence electrons. The molecule has 0 aliphatic carbocycles. The number of imidazole rings is 1. The Labute approximate surface area is 226 Å². The van der Waals surface area contributed by atoms with Crippen LogP contribution in [0.3, 0.4) is 0 Å². The van der Waals surface area contributed by atoms with Gasteiger partial charge >= 0.3 is 11.9 Å². The van der Waals surface area contributed by atoms with E-state index in [2.05, 4.69) is 4.98 Å². The molecule has 1 atom stereocenters. The van der Waals surface area contributed by atoms with Crippen LogP contribution in [-0.4, -0.2) is 33.0 Å². The molecule has 5 aromatic rings. The Bertz CT molecular complexity index is 1620. The van der Waals surface area contributed by atoms with Gasteiger partial charge in [-0.25, -0.2) is 4.79 Å². The van der Waals surface area contributed by atoms with Crippen LogP contribution in [-0.2, 0) is 16.0 Å². The molecule has 2 heterocycles. The molecule has 39 heavy (non-hydrogen) atoms. The first-order valence-corrected chi connectivity index (χ1v) is 12.7. The fourth-order valence-electron chi connectivity index (χ4n) is 4.62. The van der Waals surface area contributed by atoms with Gasteiger partial charge in [0.2, 0.25) is 5.88 Å². The lowest BCUT2D eigenvalue weighted by molar-refractivity contribution is -0.146. The van der Waals surface area contributed by atoms with Crippen LogP contribution in [0.4, 0.5) is 0 Å². The number of benzene rings is 3. The molecule has 0 aliphatic rings. The van der Waals surface area contributed by atoms with E-state index in [-0.39, 0.29) is 18.0 Å². The fraction of sp³-hybridized carbons (Fsp3) is 0.156. The van der Waals surface area contributed by atoms with E-state index in [4.69, 9.17) is 9.47 Å². The van der Waals surface area contributed by atoms with Gasteiger partial charge in [0.1, 0.15) is 5.65 Å². The van der Waals surface area contributed by atoms with E-state index in [1.54, 1.807) is 24.4 Å². The number of carboxylic acid groups (broad SMARTS) is 1. The number of carboxylic acids is 1. The van der Waals surface area contributed by atoms with Gasteiger partial charge in [0.05, 0.1) is 30.5 Å². The van der Waals surface area contributed by atoms with Crippen LogP contribution >= 0.6 is 0 Å². The van der Waals surface area contributed by atoms with E-state index in [0.717, 1.165) is 22.3 Å². The summed E-state index contributed by atoms with van der Waals surface area (Å²) in [5, 5.41) is 9.63. The summed E-state index contributed by atoms with van der Waals surface area (Å²) in [4.78, 5) is 29.5. The summed E-state index contributed by atoms with van der Waals surface area (Å²) in [5.41, 5.74) is 5.57. The molecule has 3 aromatic carbocycles. The average molecular weight is 521 g/mol. The van der Waals surface area contributed by atoms with Gasteiger partial charge in [-0.1, -0.05) is 78.9 Å². The Balaban J connectivity index is 1.56. The maximum absolute atomic E-state index is 13.2. The SMILES string of the molecule is CCOc1cn2c(C(OC(=O)Cc3ccccc3)c3ccc(-c4ccccc4C(=O)O)cc3)ccc(C)c2n1. The largest absolute Gasteiger partial charge is 0.478 e. The van der Waals surface area contributed by atoms with Gasteiger partial charge in [-0.2, -0.15) is 4.98 Å². The van der Waals surface area contributed by atoms with Gasteiger partial charge in [0.25, 0.3) is 0 Å². The molecule has 1 unspecified atom stereocenters. The first kappa shape index (κ1) is 25.7. The van der Waals surface area contributed by atoms with Crippen LogP contribution in [0.1, 0.15) is 45.8 Å². The zero-order chi connectivity index (χ0) is 27.4. The minimum Gasteiger partial charge on any atom is -0.478 e. The quantitative estimate of drug-likeness (QED) is 0.230. The smallest absolute Gasteiger partial charge is 0.336 e. The molecule has 0 saturated heterocycles. The topological polar surface area (TPSA) is 90.1 Å². The standard InChI is InChI=1S/C32H28N2O5/c1-3-38-28-20-34-27(18-13-21(2)31(34)33-28)30(39-29(35)19-22-9-5-4-6-10-22)24-16-14-23(15-17-24)25-11-7-8-12-26(25)32(36)37/h4-18,20,30H,3,19H2,1-2H3,(H,36,37). The van der Waals surface area contributed by atoms with Crippen LogP contribution in [0.2, 0.25) is 0 Å². The number of ether oxygens (including phenoxy) is 2. The third-order valence-corrected chi connectivity index (χ3v) is 6.50. The number of carbonyl (C=O) groups excluding carboxylic acids is 1. The van der Waals surface area contributed by atoms with Crippen molar-refractivity contribution >= 4 is 17.6 Å². The number of fused-ring (bicyclic) bond motifs is 1. The molecule has 0 bridgehead atoms. The molecule has 2 aromatic heterocycles. The summed E-state index contributed by atoms with van der Waals surface area (Å²) in [6, 6.07) is 27.6. The molecule has 0 fully saturated rings. The number of nitrogens with zero attached hydrogens (tertiary/aromatic N) is 2. The number of pyridine rings is 1. The van der Waals surface area contributed by atoms with E-state index in [0.29, 0.717) is 29.4 Å². The van der Waals surface area contributed by atoms with Gasteiger partial charge < -0.3 is 14.6 Å². The summed E-state index contributed by atoms with van der Waals surface area (Å²) in [6.45, 7) is 4.34. The molecule has 1 N–H and O–H groups in total. The Kier molecular flexibility index (Phi) is 7.41. The van der Waals surface area contributed by atoms with E-state index >= 15 is 0 Å². The number of hydrogen-bond donors (Lipinski definition) is 1. The zero-order valence-corrected chi connectivity index (χ0v) is 21.7. The van der Waals surface area contributed by atoms with Crippen molar-refractivity contribution in [1.29, 1.82) is 0 Å². The maximum atomic E-state index is 13.2. The summed E-state index contributed by atoms with van der Waals surface area (Å²) in [7, 11) is 0. The highest BCUT2D eigenvalue weighted by Crippen LogP contribution is 2.32. The van der Waals surface area contributed by atoms with Crippen molar-refractivity contribution in [2.75, 3.05) is 6.61 Å². The van der Waals surface area contributed by atoms with Crippen LogP contribution in [0.5, 0.6) is 5.88 Å². The van der Waals surface area contributed by atoms with Crippen LogP contribution in [0.25, 0.3) is 16.8 Å². The van der Waals surface area contributed by atoms with Gasteiger partial charge in [-0.05, 0) is 53.8 Å². The average Bonchev–Trinajstić information content (AvgIpc) is 3.38. The predicted molar refractivity (Wildman–Crippen MR) is 148 cm³/mol. The van der Waals surface area contributed by atoms with E-state index in [1.807, 2.05) is 91.0 Å². The molecule has 0 radical (unpaired) electrons. The highest BCUT2D eigenvalue weighted by atomic mass is 16.5. The molecule has 0 saturated carbocycles. The van der Waals surface area contributed by atoms with Crippen molar-refractivity contribution < 1.29 is 24.2 Å². The Morgan fingerprint density at radius 3 is 2.36 bits per heavy atom. The lowest BCUT2D eigenvalue weighted by Gasteiger charge is -2.21. The zero-order valence-electron chi connectivity index (χ0n) is 21.7. The molecule has 0 spiro atoms. The monoisotopic (exact) mass is 520 g/mol. The summed E-state index contributed by atoms with van der Waals surface area (Å²) >= 11 is 0. The van der Waals surface area contributed by atoms with Crippen molar-refractivity contribution in [1.82, 2.24) is 9.38 Å². The van der Waals surface area contributed by atoms with Crippen molar-refractivity contribution in [3.63, 3.8) is 0 Å². The molecule has 7 nitrogen and oxygen atoms in total. The number of carbonyl (C=O) groups is 2. The Morgan fingerprint density at radius 1 is 0.923 bits per heavy atom. The second-order valence-electron chi connectivity index (χ2n) is 9.15. The van der Waals surface area contributed by atoms with Gasteiger partial charge in [-0.15, -0.1) is 0 Å². The van der Waals surface area contributed by atoms with Crippen molar-refractivity contribution in [2.24, 2.45) is 0 Å². The Morgan fingerprint density at radius 2 is 1.64 bits per heavy atom. The van der Waals surface area contributed by atoms with Crippen molar-refractivity contribution in [3.05, 3.63) is 125 Å². The minimum atomic E-state index is -0.991. The molecular weight excluding hydrogens is 492 g/mol. The first-order chi connectivity index (χ1) is 18.9. The van der Waals surface area contributed by atoms with Gasteiger partial charge in [0.15, 0.2) is 6.10 Å². The number of hydrogen-bond acceptors (Lipinski definition) is 5. The minimum absolute atomic E-state index is 0.130. The molecule has 7 heteroatoms. The lowest BCUT2D eigenvalue weighted by Crippen LogP contribution is -2.17. The fourth-order valence-corrected chi connectivity index (χ4v) is 4.62. The highest BCUT2D eigenvalue weighted by molar-refractivity contribution is 5.96. The van der Waals surface area contributed by atoms with E-state index in [9.17, 15) is 14.7 Å². The summed E-state index contributed by atoms with van der Waals surface area (Å²) in [5.74, 6) is -0.872. The normalized spacial score (nSPS) is 11.7. The summed E-state index contributed by atoms with van der Waals surface area (Å²) in [6.07, 6.45) is 1.19. The third kappa shape index (κ3) is 5.52. The van der Waals surface area contributed by atoms with Gasteiger partial charge in [-0.3, -0.25) is 9.20 Å². The number of aromatic nitrogens is 2. The van der Waals surface area contributed by atoms with Crippen LogP contribution in [0.15, 0.2) is 97.2 Å². The number of aromatic carboxylic acids is 1. The number of rotatable bonds is 9. The van der Waals surface area contributed by atoms with E-state index in [1.165, 1.54) is 0 Å². The van der Waals surface area contributed by atoms with Crippen molar-refractivity contribution in [2.45, 2.75) is 26.4 Å². The molecule has 0 aliphatic heterocycles. The molecule has 5 rings (SSSR count). The number of aryl methyl sites for hydroxylation is 1. The van der Waals surface area contributed by atoms with Crippen LogP contribution in [0, 0.1) is 6.92 Å². The maximum Gasteiger partial charge on any atom is 0.336 e. The van der Waals surface area contributed by atoms with Crippen LogP contribution < -0.4 is 4.74 Å².